The van der Waals surface area contributed by atoms with E-state index in [-0.39, 0.29) is 30.9 Å². The van der Waals surface area contributed by atoms with E-state index in [1.165, 1.54) is 5.56 Å². The number of carbonyl (C=O) groups is 2. The molecule has 1 aromatic rings. The zero-order valence-electron chi connectivity index (χ0n) is 15.8. The predicted molar refractivity (Wildman–Crippen MR) is 97.0 cm³/mol. The van der Waals surface area contributed by atoms with Crippen molar-refractivity contribution in [3.63, 3.8) is 0 Å². The fourth-order valence-electron chi connectivity index (χ4n) is 3.92. The standard InChI is InChI=1S/C18H31N5O2/c1-5-7-14-8-22(10-17(19)24)9-16(14)20-18(25)11-23-13(4)15(6-2)12(3)21-23/h14,16H,5-11H2,1-4H3,(H2,19,24)(H,20,25)/t14-,16-/m1/s1. The minimum atomic E-state index is -0.322. The monoisotopic (exact) mass is 349 g/mol. The number of nitrogens with one attached hydrogen (secondary N) is 1. The van der Waals surface area contributed by atoms with Crippen LogP contribution in [0.4, 0.5) is 0 Å². The van der Waals surface area contributed by atoms with Gasteiger partial charge in [0.15, 0.2) is 0 Å². The Morgan fingerprint density at radius 2 is 1.96 bits per heavy atom. The lowest BCUT2D eigenvalue weighted by Crippen LogP contribution is -2.42. The molecule has 1 saturated heterocycles. The number of amides is 2. The van der Waals surface area contributed by atoms with E-state index < -0.39 is 0 Å². The molecule has 1 aliphatic heterocycles. The number of hydrogen-bond acceptors (Lipinski definition) is 4. The van der Waals surface area contributed by atoms with Gasteiger partial charge < -0.3 is 11.1 Å². The van der Waals surface area contributed by atoms with Crippen LogP contribution in [0.15, 0.2) is 0 Å². The predicted octanol–water partition coefficient (Wildman–Crippen LogP) is 0.764. The average Bonchev–Trinajstić information content (AvgIpc) is 2.99. The molecule has 0 unspecified atom stereocenters. The molecule has 7 nitrogen and oxygen atoms in total. The van der Waals surface area contributed by atoms with E-state index in [0.717, 1.165) is 37.2 Å². The number of nitrogens with two attached hydrogens (primary N) is 1. The highest BCUT2D eigenvalue weighted by molar-refractivity contribution is 5.77. The second-order valence-corrected chi connectivity index (χ2v) is 7.04. The number of carbonyl (C=O) groups excluding carboxylic acids is 2. The molecule has 1 aromatic heterocycles. The van der Waals surface area contributed by atoms with Crippen molar-refractivity contribution in [2.45, 2.75) is 59.5 Å². The molecular weight excluding hydrogens is 318 g/mol. The molecule has 3 N–H and O–H groups in total. The number of likely N-dealkylation sites (tertiary alicyclic amines) is 1. The van der Waals surface area contributed by atoms with E-state index in [4.69, 9.17) is 5.73 Å². The minimum absolute atomic E-state index is 0.0275. The summed E-state index contributed by atoms with van der Waals surface area (Å²) in [7, 11) is 0. The van der Waals surface area contributed by atoms with Crippen molar-refractivity contribution in [2.24, 2.45) is 11.7 Å². The first-order valence-electron chi connectivity index (χ1n) is 9.18. The summed E-state index contributed by atoms with van der Waals surface area (Å²) in [5.41, 5.74) is 8.57. The van der Waals surface area contributed by atoms with Crippen molar-refractivity contribution in [3.05, 3.63) is 17.0 Å². The molecule has 1 fully saturated rings. The largest absolute Gasteiger partial charge is 0.369 e. The highest BCUT2D eigenvalue weighted by Crippen LogP contribution is 2.21. The average molecular weight is 349 g/mol. The summed E-state index contributed by atoms with van der Waals surface area (Å²) in [6, 6.07) is 0.0643. The number of aromatic nitrogens is 2. The maximum Gasteiger partial charge on any atom is 0.242 e. The van der Waals surface area contributed by atoms with Gasteiger partial charge in [0.25, 0.3) is 0 Å². The molecule has 0 aliphatic carbocycles. The quantitative estimate of drug-likeness (QED) is 0.725. The zero-order valence-corrected chi connectivity index (χ0v) is 15.8. The summed E-state index contributed by atoms with van der Waals surface area (Å²) < 4.78 is 1.79. The third-order valence-corrected chi connectivity index (χ3v) is 5.08. The van der Waals surface area contributed by atoms with Crippen LogP contribution in [0.5, 0.6) is 0 Å². The lowest BCUT2D eigenvalue weighted by Gasteiger charge is -2.19. The van der Waals surface area contributed by atoms with Crippen molar-refractivity contribution < 1.29 is 9.59 Å². The van der Waals surface area contributed by atoms with Crippen LogP contribution in [0.2, 0.25) is 0 Å². The van der Waals surface area contributed by atoms with E-state index >= 15 is 0 Å². The molecule has 2 atom stereocenters. The summed E-state index contributed by atoms with van der Waals surface area (Å²) in [6.45, 7) is 10.2. The molecule has 0 bridgehead atoms. The van der Waals surface area contributed by atoms with Crippen LogP contribution < -0.4 is 11.1 Å². The second kappa shape index (κ2) is 8.47. The summed E-state index contributed by atoms with van der Waals surface area (Å²) in [4.78, 5) is 25.7. The third kappa shape index (κ3) is 4.81. The highest BCUT2D eigenvalue weighted by atomic mass is 16.2. The summed E-state index contributed by atoms with van der Waals surface area (Å²) >= 11 is 0. The Labute approximate surface area is 149 Å². The van der Waals surface area contributed by atoms with Crippen LogP contribution in [0.3, 0.4) is 0 Å². The van der Waals surface area contributed by atoms with Gasteiger partial charge in [0, 0.05) is 24.8 Å². The Bertz CT molecular complexity index is 625. The molecule has 2 heterocycles. The van der Waals surface area contributed by atoms with Crippen molar-refractivity contribution in [1.82, 2.24) is 20.0 Å². The molecule has 2 rings (SSSR count). The van der Waals surface area contributed by atoms with Gasteiger partial charge in [0.05, 0.1) is 12.2 Å². The lowest BCUT2D eigenvalue weighted by molar-refractivity contribution is -0.122. The second-order valence-electron chi connectivity index (χ2n) is 7.04. The van der Waals surface area contributed by atoms with Crippen LogP contribution in [0.1, 0.15) is 43.6 Å². The van der Waals surface area contributed by atoms with Gasteiger partial charge in [-0.25, -0.2) is 0 Å². The van der Waals surface area contributed by atoms with Gasteiger partial charge in [-0.2, -0.15) is 5.10 Å². The van der Waals surface area contributed by atoms with Crippen LogP contribution in [-0.4, -0.2) is 52.2 Å². The Morgan fingerprint density at radius 3 is 2.52 bits per heavy atom. The number of primary amides is 1. The number of hydrogen-bond donors (Lipinski definition) is 2. The fraction of sp³-hybridized carbons (Fsp3) is 0.722. The van der Waals surface area contributed by atoms with Gasteiger partial charge in [0.2, 0.25) is 11.8 Å². The van der Waals surface area contributed by atoms with Gasteiger partial charge >= 0.3 is 0 Å². The van der Waals surface area contributed by atoms with Gasteiger partial charge in [-0.1, -0.05) is 20.3 Å². The molecule has 0 saturated carbocycles. The van der Waals surface area contributed by atoms with Crippen molar-refractivity contribution >= 4 is 11.8 Å². The Hall–Kier alpha value is -1.89. The van der Waals surface area contributed by atoms with Crippen LogP contribution in [0, 0.1) is 19.8 Å². The Kier molecular flexibility index (Phi) is 6.58. The van der Waals surface area contributed by atoms with Gasteiger partial charge in [-0.15, -0.1) is 0 Å². The van der Waals surface area contributed by atoms with Gasteiger partial charge in [-0.3, -0.25) is 19.2 Å². The third-order valence-electron chi connectivity index (χ3n) is 5.08. The van der Waals surface area contributed by atoms with Crippen molar-refractivity contribution in [1.29, 1.82) is 0 Å². The topological polar surface area (TPSA) is 93.3 Å². The van der Waals surface area contributed by atoms with E-state index in [1.807, 2.05) is 18.7 Å². The molecule has 25 heavy (non-hydrogen) atoms. The van der Waals surface area contributed by atoms with E-state index in [1.54, 1.807) is 4.68 Å². The fourth-order valence-corrected chi connectivity index (χ4v) is 3.92. The molecule has 0 spiro atoms. The summed E-state index contributed by atoms with van der Waals surface area (Å²) in [5.74, 6) is 0.0113. The molecule has 0 radical (unpaired) electrons. The normalized spacial score (nSPS) is 20.8. The smallest absolute Gasteiger partial charge is 0.242 e. The maximum absolute atomic E-state index is 12.5. The first-order chi connectivity index (χ1) is 11.8. The zero-order chi connectivity index (χ0) is 18.6. The summed E-state index contributed by atoms with van der Waals surface area (Å²) in [6.07, 6.45) is 3.00. The minimum Gasteiger partial charge on any atom is -0.369 e. The van der Waals surface area contributed by atoms with Crippen molar-refractivity contribution in [2.75, 3.05) is 19.6 Å². The Morgan fingerprint density at radius 1 is 1.24 bits per heavy atom. The van der Waals surface area contributed by atoms with Gasteiger partial charge in [0.1, 0.15) is 6.54 Å². The molecule has 140 valence electrons. The van der Waals surface area contributed by atoms with Gasteiger partial charge in [-0.05, 0) is 38.2 Å². The maximum atomic E-state index is 12.5. The first kappa shape index (κ1) is 19.4. The molecule has 1 aliphatic rings. The SMILES string of the molecule is CCC[C@@H]1CN(CC(N)=O)C[C@H]1NC(=O)Cn1nc(C)c(CC)c1C. The Balaban J connectivity index is 1.99. The van der Waals surface area contributed by atoms with E-state index in [2.05, 4.69) is 24.3 Å². The number of nitrogens with zero attached hydrogens (tertiary/aromatic N) is 3. The molecular formula is C18H31N5O2. The van der Waals surface area contributed by atoms with Crippen LogP contribution >= 0.6 is 0 Å². The number of rotatable bonds is 8. The summed E-state index contributed by atoms with van der Waals surface area (Å²) in [5, 5.41) is 7.64. The molecule has 2 amide bonds. The van der Waals surface area contributed by atoms with Crippen molar-refractivity contribution in [3.8, 4) is 0 Å². The molecule has 0 aromatic carbocycles. The lowest BCUT2D eigenvalue weighted by atomic mass is 9.98. The number of aryl methyl sites for hydroxylation is 1. The van der Waals surface area contributed by atoms with E-state index in [9.17, 15) is 9.59 Å². The van der Waals surface area contributed by atoms with E-state index in [0.29, 0.717) is 12.5 Å². The van der Waals surface area contributed by atoms with Crippen LogP contribution in [0.25, 0.3) is 0 Å². The highest BCUT2D eigenvalue weighted by Gasteiger charge is 2.33. The molecule has 7 heteroatoms. The van der Waals surface area contributed by atoms with Crippen LogP contribution in [-0.2, 0) is 22.6 Å². The first-order valence-corrected chi connectivity index (χ1v) is 9.18.